The molecule has 1 aromatic heterocycles. The number of aryl methyl sites for hydroxylation is 1. The molecule has 0 atom stereocenters. The van der Waals surface area contributed by atoms with Crippen LogP contribution >= 0.6 is 38.5 Å². The zero-order valence-corrected chi connectivity index (χ0v) is 13.6. The minimum atomic E-state index is -0.645. The molecule has 0 radical (unpaired) electrons. The Hall–Kier alpha value is -1.23. The van der Waals surface area contributed by atoms with Crippen LogP contribution in [0.25, 0.3) is 10.9 Å². The summed E-state index contributed by atoms with van der Waals surface area (Å²) in [6.45, 7) is 0. The van der Waals surface area contributed by atoms with Crippen molar-refractivity contribution in [2.75, 3.05) is 7.11 Å². The van der Waals surface area contributed by atoms with Gasteiger partial charge in [-0.25, -0.2) is 4.79 Å². The molecule has 0 fully saturated rings. The largest absolute Gasteiger partial charge is 0.465 e. The summed E-state index contributed by atoms with van der Waals surface area (Å²) in [5, 5.41) is 15.8. The second-order valence-corrected chi connectivity index (χ2v) is 5.46. The van der Waals surface area contributed by atoms with Crippen molar-refractivity contribution in [3.63, 3.8) is 0 Å². The van der Waals surface area contributed by atoms with E-state index in [1.807, 2.05) is 22.6 Å². The fourth-order valence-electron chi connectivity index (χ4n) is 1.75. The summed E-state index contributed by atoms with van der Waals surface area (Å²) in [5.41, 5.74) is 0.413. The van der Waals surface area contributed by atoms with Crippen molar-refractivity contribution in [1.29, 1.82) is 0 Å². The van der Waals surface area contributed by atoms with Crippen LogP contribution in [0, 0.1) is 13.8 Å². The van der Waals surface area contributed by atoms with Crippen molar-refractivity contribution in [2.24, 2.45) is 7.05 Å². The first-order valence-electron chi connectivity index (χ1n) is 4.95. The minimum Gasteiger partial charge on any atom is -0.465 e. The van der Waals surface area contributed by atoms with Crippen LogP contribution in [0.4, 0.5) is 5.69 Å². The van der Waals surface area contributed by atoms with Gasteiger partial charge in [-0.3, -0.25) is 14.8 Å². The first-order chi connectivity index (χ1) is 8.88. The highest BCUT2D eigenvalue weighted by Crippen LogP contribution is 2.38. The molecule has 0 aliphatic carbocycles. The average molecular weight is 440 g/mol. The van der Waals surface area contributed by atoms with E-state index in [9.17, 15) is 14.9 Å². The normalized spacial score (nSPS) is 10.7. The van der Waals surface area contributed by atoms with Gasteiger partial charge in [0.1, 0.15) is 13.6 Å². The van der Waals surface area contributed by atoms with E-state index >= 15 is 0 Å². The fraction of sp³-hybridized carbons (Fsp3) is 0.200. The van der Waals surface area contributed by atoms with E-state index in [4.69, 9.17) is 0 Å². The van der Waals surface area contributed by atoms with Crippen LogP contribution in [-0.2, 0) is 11.8 Å². The third-order valence-electron chi connectivity index (χ3n) is 2.60. The number of rotatable bonds is 2. The number of carbonyl (C=O) groups excluding carboxylic acids is 1. The topological polar surface area (TPSA) is 87.3 Å². The van der Waals surface area contributed by atoms with Crippen LogP contribution in [0.5, 0.6) is 0 Å². The van der Waals surface area contributed by atoms with Gasteiger partial charge in [-0.15, -0.1) is 0 Å². The molecular formula is C10H7BrIN3O4. The van der Waals surface area contributed by atoms with Crippen molar-refractivity contribution in [3.05, 3.63) is 29.9 Å². The monoisotopic (exact) mass is 439 g/mol. The molecule has 7 nitrogen and oxygen atoms in total. The zero-order chi connectivity index (χ0) is 14.3. The van der Waals surface area contributed by atoms with Crippen molar-refractivity contribution in [3.8, 4) is 0 Å². The van der Waals surface area contributed by atoms with Gasteiger partial charge in [-0.2, -0.15) is 5.10 Å². The third kappa shape index (κ3) is 2.20. The third-order valence-corrected chi connectivity index (χ3v) is 4.16. The lowest BCUT2D eigenvalue weighted by atomic mass is 10.1. The maximum absolute atomic E-state index is 11.7. The van der Waals surface area contributed by atoms with E-state index < -0.39 is 10.9 Å². The second-order valence-electron chi connectivity index (χ2n) is 3.64. The number of methoxy groups -OCH3 is 1. The van der Waals surface area contributed by atoms with E-state index in [2.05, 4.69) is 25.8 Å². The van der Waals surface area contributed by atoms with Gasteiger partial charge >= 0.3 is 5.97 Å². The van der Waals surface area contributed by atoms with Crippen molar-refractivity contribution >= 4 is 61.1 Å². The van der Waals surface area contributed by atoms with Gasteiger partial charge < -0.3 is 4.74 Å². The van der Waals surface area contributed by atoms with Gasteiger partial charge in [0.25, 0.3) is 5.69 Å². The average Bonchev–Trinajstić information content (AvgIpc) is 2.62. The summed E-state index contributed by atoms with van der Waals surface area (Å²) < 4.78 is 6.71. The number of esters is 1. The highest BCUT2D eigenvalue weighted by molar-refractivity contribution is 14.1. The van der Waals surface area contributed by atoms with Crippen molar-refractivity contribution < 1.29 is 14.5 Å². The Bertz CT molecular complexity index is 713. The number of halogens is 2. The lowest BCUT2D eigenvalue weighted by molar-refractivity contribution is -0.383. The number of ether oxygens (including phenoxy) is 1. The highest BCUT2D eigenvalue weighted by atomic mass is 127. The van der Waals surface area contributed by atoms with Crippen LogP contribution in [0.15, 0.2) is 10.5 Å². The van der Waals surface area contributed by atoms with E-state index in [0.717, 1.165) is 0 Å². The van der Waals surface area contributed by atoms with Gasteiger partial charge in [0.2, 0.25) is 0 Å². The molecule has 0 N–H and O–H groups in total. The maximum atomic E-state index is 11.7. The Morgan fingerprint density at radius 3 is 2.79 bits per heavy atom. The lowest BCUT2D eigenvalue weighted by Crippen LogP contribution is -2.05. The number of hydrogen-bond acceptors (Lipinski definition) is 5. The van der Waals surface area contributed by atoms with Gasteiger partial charge in [0.15, 0.2) is 0 Å². The SMILES string of the molecule is COC(=O)c1cc2c(c(I)nn2C)c([N+](=O)[O-])c1Br. The fourth-order valence-corrected chi connectivity index (χ4v) is 3.23. The van der Waals surface area contributed by atoms with Gasteiger partial charge in [0.05, 0.1) is 23.1 Å². The van der Waals surface area contributed by atoms with E-state index in [1.165, 1.54) is 17.9 Å². The smallest absolute Gasteiger partial charge is 0.339 e. The molecule has 0 bridgehead atoms. The Kier molecular flexibility index (Phi) is 3.76. The molecule has 1 heterocycles. The molecule has 2 aromatic rings. The standard InChI is InChI=1S/C10H7BrIN3O4/c1-14-5-3-4(10(16)19-2)7(11)8(15(17)18)6(5)9(12)13-14/h3H,1-2H3. The number of carbonyl (C=O) groups is 1. The Labute approximate surface area is 129 Å². The molecule has 0 saturated heterocycles. The molecule has 0 aliphatic rings. The van der Waals surface area contributed by atoms with Crippen LogP contribution in [-0.4, -0.2) is 27.8 Å². The number of nitro benzene ring substituents is 1. The first-order valence-corrected chi connectivity index (χ1v) is 6.83. The van der Waals surface area contributed by atoms with Gasteiger partial charge in [0, 0.05) is 7.05 Å². The molecule has 0 saturated carbocycles. The first kappa shape index (κ1) is 14.2. The Balaban J connectivity index is 2.97. The molecule has 1 aromatic carbocycles. The number of nitrogens with zero attached hydrogens (tertiary/aromatic N) is 3. The molecule has 0 unspecified atom stereocenters. The van der Waals surface area contributed by atoms with Gasteiger partial charge in [-0.05, 0) is 44.6 Å². The predicted molar refractivity (Wildman–Crippen MR) is 79.1 cm³/mol. The molecule has 0 spiro atoms. The molecule has 19 heavy (non-hydrogen) atoms. The second kappa shape index (κ2) is 5.04. The predicted octanol–water partition coefficient (Wildman–Crippen LogP) is 2.64. The number of hydrogen-bond donors (Lipinski definition) is 0. The number of nitro groups is 1. The molecule has 0 aliphatic heterocycles. The molecule has 9 heteroatoms. The highest BCUT2D eigenvalue weighted by Gasteiger charge is 2.28. The summed E-state index contributed by atoms with van der Waals surface area (Å²) >= 11 is 5.02. The molecule has 0 amide bonds. The van der Waals surface area contributed by atoms with Crippen molar-refractivity contribution in [1.82, 2.24) is 9.78 Å². The van der Waals surface area contributed by atoms with Crippen LogP contribution in [0.3, 0.4) is 0 Å². The molecular weight excluding hydrogens is 433 g/mol. The summed E-state index contributed by atoms with van der Waals surface area (Å²) in [7, 11) is 2.88. The zero-order valence-electron chi connectivity index (χ0n) is 9.81. The van der Waals surface area contributed by atoms with Crippen LogP contribution in [0.1, 0.15) is 10.4 Å². The summed E-state index contributed by atoms with van der Waals surface area (Å²) in [4.78, 5) is 22.4. The molecule has 2 rings (SSSR count). The van der Waals surface area contributed by atoms with Crippen LogP contribution in [0.2, 0.25) is 0 Å². The van der Waals surface area contributed by atoms with Crippen LogP contribution < -0.4 is 0 Å². The Morgan fingerprint density at radius 1 is 1.63 bits per heavy atom. The summed E-state index contributed by atoms with van der Waals surface area (Å²) in [6, 6.07) is 1.52. The summed E-state index contributed by atoms with van der Waals surface area (Å²) in [6.07, 6.45) is 0. The van der Waals surface area contributed by atoms with E-state index in [1.54, 1.807) is 7.05 Å². The minimum absolute atomic E-state index is 0.0982. The van der Waals surface area contributed by atoms with Gasteiger partial charge in [-0.1, -0.05) is 0 Å². The van der Waals surface area contributed by atoms with Crippen molar-refractivity contribution in [2.45, 2.75) is 0 Å². The maximum Gasteiger partial charge on any atom is 0.339 e. The number of aromatic nitrogens is 2. The van der Waals surface area contributed by atoms with E-state index in [-0.39, 0.29) is 15.7 Å². The number of benzene rings is 1. The van der Waals surface area contributed by atoms with E-state index in [0.29, 0.717) is 14.6 Å². The molecule has 100 valence electrons. The quantitative estimate of drug-likeness (QED) is 0.310. The number of fused-ring (bicyclic) bond motifs is 1. The summed E-state index contributed by atoms with van der Waals surface area (Å²) in [5.74, 6) is -0.645. The Morgan fingerprint density at radius 2 is 2.26 bits per heavy atom. The lowest BCUT2D eigenvalue weighted by Gasteiger charge is -2.05.